The van der Waals surface area contributed by atoms with Crippen molar-refractivity contribution >= 4 is 46.7 Å². The zero-order valence-corrected chi connectivity index (χ0v) is 24.5. The van der Waals surface area contributed by atoms with Crippen LogP contribution in [0.5, 0.6) is 0 Å². The number of methoxy groups -OCH3 is 1. The number of halogens is 2. The Kier molecular flexibility index (Phi) is 8.12. The Bertz CT molecular complexity index is 1570. The Labute approximate surface area is 253 Å². The monoisotopic (exact) mass is 608 g/mol. The lowest BCUT2D eigenvalue weighted by Crippen LogP contribution is -2.47. The van der Waals surface area contributed by atoms with E-state index in [9.17, 15) is 9.59 Å². The minimum absolute atomic E-state index is 0.0272. The number of rotatable bonds is 4. The van der Waals surface area contributed by atoms with Crippen LogP contribution in [-0.4, -0.2) is 86.4 Å². The summed E-state index contributed by atoms with van der Waals surface area (Å²) >= 11 is 12.2. The van der Waals surface area contributed by atoms with E-state index >= 15 is 0 Å². The second-order valence-corrected chi connectivity index (χ2v) is 11.4. The molecule has 0 radical (unpaired) electrons. The minimum Gasteiger partial charge on any atom is -0.453 e. The van der Waals surface area contributed by atoms with E-state index in [1.807, 2.05) is 47.4 Å². The first kappa shape index (κ1) is 28.2. The van der Waals surface area contributed by atoms with Gasteiger partial charge in [-0.25, -0.2) is 4.79 Å². The number of hydrogen-bond donors (Lipinski definition) is 0. The van der Waals surface area contributed by atoms with E-state index in [1.54, 1.807) is 28.0 Å². The Hall–Kier alpha value is -3.96. The molecule has 218 valence electrons. The molecule has 42 heavy (non-hydrogen) atoms. The summed E-state index contributed by atoms with van der Waals surface area (Å²) in [7, 11) is 1.38. The van der Waals surface area contributed by atoms with Crippen molar-refractivity contribution in [2.45, 2.75) is 24.8 Å². The van der Waals surface area contributed by atoms with Crippen molar-refractivity contribution in [3.8, 4) is 0 Å². The SMILES string of the molecule is COC(=O)N1CCN(C(=O)C2CN(c3ccc4nncn4n3)C[C@H]2c2ccc(Cl)cn2)CCC[C@@H]1c1ccc(Cl)cc1. The van der Waals surface area contributed by atoms with Gasteiger partial charge in [0, 0.05) is 55.6 Å². The topological polar surface area (TPSA) is 109 Å². The lowest BCUT2D eigenvalue weighted by Gasteiger charge is -2.37. The fourth-order valence-corrected chi connectivity index (χ4v) is 6.22. The van der Waals surface area contributed by atoms with Gasteiger partial charge in [0.1, 0.15) is 12.1 Å². The van der Waals surface area contributed by atoms with Crippen molar-refractivity contribution < 1.29 is 14.3 Å². The number of hydrogen-bond acceptors (Lipinski definition) is 8. The van der Waals surface area contributed by atoms with E-state index in [0.29, 0.717) is 54.8 Å². The van der Waals surface area contributed by atoms with Crippen LogP contribution in [0.3, 0.4) is 0 Å². The molecular weight excluding hydrogens is 579 g/mol. The molecule has 0 N–H and O–H groups in total. The first-order valence-electron chi connectivity index (χ1n) is 13.8. The molecule has 4 aromatic rings. The van der Waals surface area contributed by atoms with Gasteiger partial charge < -0.3 is 14.5 Å². The van der Waals surface area contributed by atoms with Gasteiger partial charge in [0.2, 0.25) is 5.91 Å². The summed E-state index contributed by atoms with van der Waals surface area (Å²) in [5.41, 5.74) is 2.44. The third-order valence-corrected chi connectivity index (χ3v) is 8.58. The Morgan fingerprint density at radius 3 is 2.52 bits per heavy atom. The highest BCUT2D eigenvalue weighted by atomic mass is 35.5. The van der Waals surface area contributed by atoms with Crippen LogP contribution >= 0.6 is 23.2 Å². The van der Waals surface area contributed by atoms with Crippen LogP contribution in [0.25, 0.3) is 5.65 Å². The Morgan fingerprint density at radius 1 is 0.952 bits per heavy atom. The lowest BCUT2D eigenvalue weighted by atomic mass is 9.90. The van der Waals surface area contributed by atoms with Crippen LogP contribution < -0.4 is 4.90 Å². The van der Waals surface area contributed by atoms with E-state index in [-0.39, 0.29) is 23.8 Å². The maximum absolute atomic E-state index is 14.2. The molecule has 6 rings (SSSR count). The smallest absolute Gasteiger partial charge is 0.410 e. The normalized spacial score (nSPS) is 21.3. The summed E-state index contributed by atoms with van der Waals surface area (Å²) in [6, 6.07) is 14.8. The second-order valence-electron chi connectivity index (χ2n) is 10.5. The van der Waals surface area contributed by atoms with Gasteiger partial charge in [-0.1, -0.05) is 35.3 Å². The predicted octanol–water partition coefficient (Wildman–Crippen LogP) is 4.48. The van der Waals surface area contributed by atoms with Crippen LogP contribution in [0.4, 0.5) is 10.6 Å². The van der Waals surface area contributed by atoms with Crippen molar-refractivity contribution in [2.75, 3.05) is 44.7 Å². The standard InChI is InChI=1S/C29H30Cl2N8O3/c1-42-29(41)38-14-13-36(12-2-3-25(38)19-4-6-20(30)7-5-19)28(40)23-17-37(16-22(23)24-9-8-21(31)15-32-24)27-11-10-26-34-33-18-39(26)35-27/h4-11,15,18,22-23,25H,2-3,12-14,16-17H2,1H3/t22-,23?,25-/m1/s1. The molecule has 2 aliphatic heterocycles. The van der Waals surface area contributed by atoms with Gasteiger partial charge in [0.25, 0.3) is 0 Å². The number of benzene rings is 1. The second kappa shape index (κ2) is 12.1. The number of anilines is 1. The van der Waals surface area contributed by atoms with Crippen molar-refractivity contribution in [3.63, 3.8) is 0 Å². The van der Waals surface area contributed by atoms with Gasteiger partial charge in [-0.2, -0.15) is 4.52 Å². The molecule has 2 aliphatic rings. The molecule has 0 saturated carbocycles. The summed E-state index contributed by atoms with van der Waals surface area (Å²) < 4.78 is 6.77. The van der Waals surface area contributed by atoms with Crippen LogP contribution in [0.2, 0.25) is 10.0 Å². The molecule has 0 aliphatic carbocycles. The van der Waals surface area contributed by atoms with E-state index in [0.717, 1.165) is 23.5 Å². The number of pyridine rings is 1. The van der Waals surface area contributed by atoms with E-state index < -0.39 is 6.09 Å². The van der Waals surface area contributed by atoms with Gasteiger partial charge in [0.15, 0.2) is 5.65 Å². The first-order valence-corrected chi connectivity index (χ1v) is 14.6. The lowest BCUT2D eigenvalue weighted by molar-refractivity contribution is -0.136. The highest BCUT2D eigenvalue weighted by molar-refractivity contribution is 6.30. The highest BCUT2D eigenvalue weighted by Gasteiger charge is 2.42. The van der Waals surface area contributed by atoms with E-state index in [1.165, 1.54) is 7.11 Å². The fourth-order valence-electron chi connectivity index (χ4n) is 5.98. The number of carbonyl (C=O) groups excluding carboxylic acids is 2. The Morgan fingerprint density at radius 2 is 1.76 bits per heavy atom. The molecule has 1 unspecified atom stereocenters. The van der Waals surface area contributed by atoms with E-state index in [2.05, 4.69) is 25.2 Å². The van der Waals surface area contributed by atoms with Crippen molar-refractivity contribution in [3.05, 3.63) is 82.4 Å². The number of nitrogens with zero attached hydrogens (tertiary/aromatic N) is 8. The van der Waals surface area contributed by atoms with Crippen LogP contribution in [0.15, 0.2) is 61.1 Å². The molecule has 1 aromatic carbocycles. The largest absolute Gasteiger partial charge is 0.453 e. The molecule has 13 heteroatoms. The quantitative estimate of drug-likeness (QED) is 0.334. The number of carbonyl (C=O) groups is 2. The number of ether oxygens (including phenoxy) is 1. The van der Waals surface area contributed by atoms with Crippen LogP contribution in [-0.2, 0) is 9.53 Å². The van der Waals surface area contributed by atoms with Gasteiger partial charge in [-0.05, 0) is 54.8 Å². The summed E-state index contributed by atoms with van der Waals surface area (Å²) in [5, 5.41) is 13.8. The van der Waals surface area contributed by atoms with Crippen molar-refractivity contribution in [1.82, 2.24) is 34.6 Å². The molecule has 5 heterocycles. The zero-order chi connectivity index (χ0) is 29.2. The molecule has 2 fully saturated rings. The molecule has 0 bridgehead atoms. The first-order chi connectivity index (χ1) is 20.4. The van der Waals surface area contributed by atoms with Crippen molar-refractivity contribution in [1.29, 1.82) is 0 Å². The summed E-state index contributed by atoms with van der Waals surface area (Å²) in [6.45, 7) is 2.35. The number of amides is 2. The third kappa shape index (κ3) is 5.71. The predicted molar refractivity (Wildman–Crippen MR) is 158 cm³/mol. The molecule has 2 amide bonds. The molecule has 2 saturated heterocycles. The molecule has 11 nitrogen and oxygen atoms in total. The summed E-state index contributed by atoms with van der Waals surface area (Å²) in [4.78, 5) is 37.4. The molecule has 3 aromatic heterocycles. The maximum atomic E-state index is 14.2. The molecule has 0 spiro atoms. The minimum atomic E-state index is -0.421. The fraction of sp³-hybridized carbons (Fsp3) is 0.379. The van der Waals surface area contributed by atoms with Crippen LogP contribution in [0, 0.1) is 5.92 Å². The number of fused-ring (bicyclic) bond motifs is 1. The average Bonchev–Trinajstić information content (AvgIpc) is 3.65. The average molecular weight is 610 g/mol. The highest BCUT2D eigenvalue weighted by Crippen LogP contribution is 2.36. The number of aromatic nitrogens is 5. The third-order valence-electron chi connectivity index (χ3n) is 8.11. The van der Waals surface area contributed by atoms with Gasteiger partial charge in [-0.15, -0.1) is 15.3 Å². The maximum Gasteiger partial charge on any atom is 0.410 e. The summed E-state index contributed by atoms with van der Waals surface area (Å²) in [6.07, 6.45) is 4.15. The molecule has 3 atom stereocenters. The van der Waals surface area contributed by atoms with Gasteiger partial charge in [0.05, 0.1) is 24.1 Å². The Balaban J connectivity index is 1.25. The molecular formula is C29H30Cl2N8O3. The van der Waals surface area contributed by atoms with Crippen molar-refractivity contribution in [2.24, 2.45) is 5.92 Å². The zero-order valence-electron chi connectivity index (χ0n) is 23.0. The summed E-state index contributed by atoms with van der Waals surface area (Å²) in [5.74, 6) is 0.221. The van der Waals surface area contributed by atoms with Crippen LogP contribution in [0.1, 0.15) is 36.1 Å². The van der Waals surface area contributed by atoms with E-state index in [4.69, 9.17) is 27.9 Å². The van der Waals surface area contributed by atoms with Gasteiger partial charge in [-0.3, -0.25) is 14.7 Å². The van der Waals surface area contributed by atoms with Gasteiger partial charge >= 0.3 is 6.09 Å².